The highest BCUT2D eigenvalue weighted by Crippen LogP contribution is 2.51. The molecule has 0 aliphatic heterocycles. The van der Waals surface area contributed by atoms with E-state index in [1.165, 1.54) is 54.8 Å². The second kappa shape index (κ2) is 4.84. The first kappa shape index (κ1) is 15.3. The van der Waals surface area contributed by atoms with Gasteiger partial charge in [0.2, 0.25) is 0 Å². The van der Waals surface area contributed by atoms with Crippen LogP contribution in [-0.4, -0.2) is 19.9 Å². The molecule has 2 N–H and O–H groups in total. The quantitative estimate of drug-likeness (QED) is 0.340. The zero-order valence-corrected chi connectivity index (χ0v) is 16.2. The molecule has 4 heteroatoms. The summed E-state index contributed by atoms with van der Waals surface area (Å²) in [5, 5.41) is 4.82. The molecule has 0 atom stereocenters. The van der Waals surface area contributed by atoms with E-state index in [-0.39, 0.29) is 5.41 Å². The minimum Gasteiger partial charge on any atom is -0.354 e. The Bertz CT molecular complexity index is 1510. The average molecular weight is 374 g/mol. The van der Waals surface area contributed by atoms with Crippen molar-refractivity contribution in [2.75, 3.05) is 0 Å². The smallest absolute Gasteiger partial charge is 0.0495 e. The zero-order chi connectivity index (χ0) is 19.3. The van der Waals surface area contributed by atoms with E-state index in [9.17, 15) is 0 Å². The Balaban J connectivity index is 1.62. The van der Waals surface area contributed by atoms with Crippen molar-refractivity contribution in [2.24, 2.45) is 0 Å². The van der Waals surface area contributed by atoms with Gasteiger partial charge in [-0.05, 0) is 58.7 Å². The third-order valence-corrected chi connectivity index (χ3v) is 6.71. The molecule has 7 rings (SSSR count). The molecular weight excluding hydrogens is 356 g/mol. The summed E-state index contributed by atoms with van der Waals surface area (Å²) < 4.78 is 0. The lowest BCUT2D eigenvalue weighted by atomic mass is 9.82. The van der Waals surface area contributed by atoms with E-state index < -0.39 is 0 Å². The van der Waals surface area contributed by atoms with Crippen molar-refractivity contribution in [3.63, 3.8) is 0 Å². The maximum absolute atomic E-state index is 4.34. The maximum Gasteiger partial charge on any atom is 0.0495 e. The van der Waals surface area contributed by atoms with Crippen LogP contribution in [0.5, 0.6) is 0 Å². The summed E-state index contributed by atoms with van der Waals surface area (Å²) in [6.07, 6.45) is 7.59. The van der Waals surface area contributed by atoms with Gasteiger partial charge in [-0.2, -0.15) is 0 Å². The Morgan fingerprint density at radius 3 is 1.59 bits per heavy atom. The van der Waals surface area contributed by atoms with Gasteiger partial charge < -0.3 is 9.97 Å². The van der Waals surface area contributed by atoms with E-state index in [4.69, 9.17) is 0 Å². The van der Waals surface area contributed by atoms with Crippen LogP contribution in [-0.2, 0) is 5.41 Å². The topological polar surface area (TPSA) is 57.4 Å². The Morgan fingerprint density at radius 1 is 0.621 bits per heavy atom. The number of pyridine rings is 2. The van der Waals surface area contributed by atoms with Crippen molar-refractivity contribution in [3.8, 4) is 11.1 Å². The predicted molar refractivity (Wildman–Crippen MR) is 118 cm³/mol. The van der Waals surface area contributed by atoms with Crippen molar-refractivity contribution in [1.82, 2.24) is 19.9 Å². The number of hydrogen-bond donors (Lipinski definition) is 2. The molecule has 0 saturated carbocycles. The number of aromatic nitrogens is 4. The van der Waals surface area contributed by atoms with E-state index in [0.717, 1.165) is 11.0 Å². The van der Waals surface area contributed by atoms with Crippen molar-refractivity contribution in [1.29, 1.82) is 0 Å². The van der Waals surface area contributed by atoms with Crippen LogP contribution in [0.25, 0.3) is 54.7 Å². The van der Waals surface area contributed by atoms with Crippen molar-refractivity contribution >= 4 is 43.6 Å². The first-order chi connectivity index (χ1) is 14.1. The molecule has 1 aliphatic carbocycles. The molecule has 4 heterocycles. The van der Waals surface area contributed by atoms with Crippen LogP contribution in [0.15, 0.2) is 61.2 Å². The zero-order valence-electron chi connectivity index (χ0n) is 16.2. The van der Waals surface area contributed by atoms with Gasteiger partial charge in [0.15, 0.2) is 0 Å². The van der Waals surface area contributed by atoms with Crippen LogP contribution in [0.4, 0.5) is 0 Å². The summed E-state index contributed by atoms with van der Waals surface area (Å²) >= 11 is 0. The van der Waals surface area contributed by atoms with Gasteiger partial charge >= 0.3 is 0 Å². The summed E-state index contributed by atoms with van der Waals surface area (Å²) in [6, 6.07) is 13.4. The van der Waals surface area contributed by atoms with Gasteiger partial charge in [-0.25, -0.2) is 0 Å². The van der Waals surface area contributed by atoms with Crippen molar-refractivity contribution in [2.45, 2.75) is 19.3 Å². The SMILES string of the molecule is CC1(C)c2cc3[nH]c4ccncc4c3cc2-c2cc3c(cc21)[nH]c1ccncc13. The highest BCUT2D eigenvalue weighted by atomic mass is 14.7. The Morgan fingerprint density at radius 2 is 1.10 bits per heavy atom. The van der Waals surface area contributed by atoms with Crippen molar-refractivity contribution < 1.29 is 0 Å². The lowest BCUT2D eigenvalue weighted by molar-refractivity contribution is 0.662. The molecule has 0 radical (unpaired) electrons. The second-order valence-electron chi connectivity index (χ2n) is 8.60. The Hall–Kier alpha value is -3.66. The molecule has 0 fully saturated rings. The van der Waals surface area contributed by atoms with Gasteiger partial charge in [-0.1, -0.05) is 13.8 Å². The van der Waals surface area contributed by atoms with Gasteiger partial charge in [0.25, 0.3) is 0 Å². The van der Waals surface area contributed by atoms with Gasteiger partial charge in [0.05, 0.1) is 0 Å². The number of nitrogens with zero attached hydrogens (tertiary/aromatic N) is 2. The Kier molecular flexibility index (Phi) is 2.55. The number of aromatic amines is 2. The van der Waals surface area contributed by atoms with Gasteiger partial charge in [-0.3, -0.25) is 9.97 Å². The third kappa shape index (κ3) is 1.79. The lowest BCUT2D eigenvalue weighted by Gasteiger charge is -2.21. The van der Waals surface area contributed by atoms with Gasteiger partial charge in [0.1, 0.15) is 0 Å². The normalized spacial score (nSPS) is 14.8. The molecule has 2 aromatic carbocycles. The average Bonchev–Trinajstić information content (AvgIpc) is 3.34. The number of fused-ring (bicyclic) bond motifs is 9. The van der Waals surface area contributed by atoms with Gasteiger partial charge in [0, 0.05) is 73.8 Å². The molecule has 138 valence electrons. The first-order valence-corrected chi connectivity index (χ1v) is 9.91. The summed E-state index contributed by atoms with van der Waals surface area (Å²) in [7, 11) is 0. The molecule has 0 amide bonds. The fourth-order valence-electron chi connectivity index (χ4n) is 5.20. The first-order valence-electron chi connectivity index (χ1n) is 9.91. The van der Waals surface area contributed by atoms with E-state index in [1.54, 1.807) is 0 Å². The standard InChI is InChI=1S/C25H18N4/c1-25(2)19-9-23-15(17-11-26-5-3-21(17)28-23)7-13(19)14-8-16-18-12-27-6-4-22(18)29-24(16)10-20(14)25/h3-12,28-29H,1-2H3. The van der Waals surface area contributed by atoms with Crippen LogP contribution < -0.4 is 0 Å². The Labute approximate surface area is 166 Å². The lowest BCUT2D eigenvalue weighted by Crippen LogP contribution is -2.14. The summed E-state index contributed by atoms with van der Waals surface area (Å²) in [6.45, 7) is 4.65. The number of nitrogens with one attached hydrogen (secondary N) is 2. The van der Waals surface area contributed by atoms with E-state index >= 15 is 0 Å². The molecule has 4 aromatic heterocycles. The highest BCUT2D eigenvalue weighted by Gasteiger charge is 2.36. The third-order valence-electron chi connectivity index (χ3n) is 6.71. The molecule has 1 aliphatic rings. The van der Waals surface area contributed by atoms with E-state index in [0.29, 0.717) is 0 Å². The van der Waals surface area contributed by atoms with Gasteiger partial charge in [-0.15, -0.1) is 0 Å². The van der Waals surface area contributed by atoms with Crippen LogP contribution in [0.3, 0.4) is 0 Å². The maximum atomic E-state index is 4.34. The molecule has 6 aromatic rings. The van der Waals surface area contributed by atoms with Crippen molar-refractivity contribution in [3.05, 3.63) is 72.3 Å². The minimum absolute atomic E-state index is 0.0574. The molecule has 0 bridgehead atoms. The number of hydrogen-bond acceptors (Lipinski definition) is 2. The molecule has 4 nitrogen and oxygen atoms in total. The summed E-state index contributed by atoms with van der Waals surface area (Å²) in [5.74, 6) is 0. The second-order valence-corrected chi connectivity index (χ2v) is 8.60. The van der Waals surface area contributed by atoms with Crippen LogP contribution in [0, 0.1) is 0 Å². The summed E-state index contributed by atoms with van der Waals surface area (Å²) in [5.41, 5.74) is 9.94. The van der Waals surface area contributed by atoms with E-state index in [1.807, 2.05) is 36.9 Å². The molecular formula is C25H18N4. The molecule has 0 spiro atoms. The summed E-state index contributed by atoms with van der Waals surface area (Å²) in [4.78, 5) is 15.8. The van der Waals surface area contributed by atoms with E-state index in [2.05, 4.69) is 58.0 Å². The molecule has 29 heavy (non-hydrogen) atoms. The van der Waals surface area contributed by atoms with Crippen LogP contribution in [0.1, 0.15) is 25.0 Å². The van der Waals surface area contributed by atoms with Crippen LogP contribution >= 0.6 is 0 Å². The largest absolute Gasteiger partial charge is 0.354 e. The predicted octanol–water partition coefficient (Wildman–Crippen LogP) is 6.05. The number of benzene rings is 2. The molecule has 0 saturated heterocycles. The fourth-order valence-corrected chi connectivity index (χ4v) is 5.20. The minimum atomic E-state index is -0.0574. The number of H-pyrrole nitrogens is 2. The monoisotopic (exact) mass is 374 g/mol. The van der Waals surface area contributed by atoms with Crippen LogP contribution in [0.2, 0.25) is 0 Å². The molecule has 0 unspecified atom stereocenters. The highest BCUT2D eigenvalue weighted by molar-refractivity contribution is 6.12. The fraction of sp³-hybridized carbons (Fsp3) is 0.120. The number of rotatable bonds is 0.